The van der Waals surface area contributed by atoms with Gasteiger partial charge in [0.1, 0.15) is 17.7 Å². The predicted octanol–water partition coefficient (Wildman–Crippen LogP) is 3.20. The zero-order chi connectivity index (χ0) is 24.1. The molecule has 34 heavy (non-hydrogen) atoms. The molecule has 1 N–H and O–H groups in total. The Bertz CT molecular complexity index is 1230. The van der Waals surface area contributed by atoms with Gasteiger partial charge in [-0.05, 0) is 48.4 Å². The summed E-state index contributed by atoms with van der Waals surface area (Å²) in [5, 5.41) is 0. The van der Waals surface area contributed by atoms with Gasteiger partial charge in [-0.25, -0.2) is 17.2 Å². The lowest BCUT2D eigenvalue weighted by Crippen LogP contribution is -2.55. The average Bonchev–Trinajstić information content (AvgIpc) is 2.84. The summed E-state index contributed by atoms with van der Waals surface area (Å²) in [5.74, 6) is -1.23. The molecule has 178 valence electrons. The second-order valence-electron chi connectivity index (χ2n) is 8.08. The van der Waals surface area contributed by atoms with Crippen LogP contribution in [0.3, 0.4) is 0 Å². The molecule has 0 aliphatic carbocycles. The van der Waals surface area contributed by atoms with E-state index in [-0.39, 0.29) is 23.0 Å². The summed E-state index contributed by atoms with van der Waals surface area (Å²) in [5.41, 5.74) is 1.28. The Kier molecular flexibility index (Phi) is 7.23. The van der Waals surface area contributed by atoms with E-state index < -0.39 is 21.9 Å². The lowest BCUT2D eigenvalue weighted by molar-refractivity contribution is -0.133. The van der Waals surface area contributed by atoms with E-state index in [2.05, 4.69) is 4.72 Å². The SMILES string of the molecule is O=C([C@H](Cc1ccccc1)NS(=O)(=O)c1ccc(F)cc1)N1CCN(c2ccccc2F)CC1. The zero-order valence-corrected chi connectivity index (χ0v) is 19.2. The first-order valence-corrected chi connectivity index (χ1v) is 12.4. The standard InChI is InChI=1S/C25H25F2N3O3S/c26-20-10-12-21(13-11-20)34(32,33)28-23(18-19-6-2-1-3-7-19)25(31)30-16-14-29(15-17-30)24-9-5-4-8-22(24)27/h1-13,23,28H,14-18H2/t23-/m0/s1. The molecule has 9 heteroatoms. The Hall–Kier alpha value is -3.30. The van der Waals surface area contributed by atoms with E-state index in [1.54, 1.807) is 23.1 Å². The molecule has 1 aliphatic rings. The summed E-state index contributed by atoms with van der Waals surface area (Å²) in [6.45, 7) is 1.51. The quantitative estimate of drug-likeness (QED) is 0.558. The summed E-state index contributed by atoms with van der Waals surface area (Å²) in [6, 6.07) is 19.0. The highest BCUT2D eigenvalue weighted by molar-refractivity contribution is 7.89. The van der Waals surface area contributed by atoms with Crippen molar-refractivity contribution in [3.8, 4) is 0 Å². The van der Waals surface area contributed by atoms with E-state index in [0.717, 1.165) is 29.8 Å². The highest BCUT2D eigenvalue weighted by Gasteiger charge is 2.31. The number of halogens is 2. The molecule has 6 nitrogen and oxygen atoms in total. The number of hydrogen-bond donors (Lipinski definition) is 1. The van der Waals surface area contributed by atoms with Crippen molar-refractivity contribution >= 4 is 21.6 Å². The number of hydrogen-bond acceptors (Lipinski definition) is 4. The zero-order valence-electron chi connectivity index (χ0n) is 18.4. The molecule has 1 saturated heterocycles. The molecule has 0 spiro atoms. The van der Waals surface area contributed by atoms with Gasteiger partial charge in [-0.3, -0.25) is 4.79 Å². The van der Waals surface area contributed by atoms with E-state index >= 15 is 0 Å². The number of para-hydroxylation sites is 1. The summed E-state index contributed by atoms with van der Waals surface area (Å²) < 4.78 is 55.8. The van der Waals surface area contributed by atoms with Gasteiger partial charge in [0.2, 0.25) is 15.9 Å². The lowest BCUT2D eigenvalue weighted by Gasteiger charge is -2.37. The first-order valence-electron chi connectivity index (χ1n) is 10.9. The topological polar surface area (TPSA) is 69.7 Å². The van der Waals surface area contributed by atoms with Crippen LogP contribution in [0.15, 0.2) is 83.8 Å². The maximum absolute atomic E-state index is 14.1. The van der Waals surface area contributed by atoms with Crippen LogP contribution in [0.1, 0.15) is 5.56 Å². The maximum atomic E-state index is 14.1. The molecule has 0 radical (unpaired) electrons. The van der Waals surface area contributed by atoms with Crippen LogP contribution in [-0.2, 0) is 21.2 Å². The van der Waals surface area contributed by atoms with Gasteiger partial charge in [0.15, 0.2) is 0 Å². The smallest absolute Gasteiger partial charge is 0.241 e. The highest BCUT2D eigenvalue weighted by Crippen LogP contribution is 2.21. The molecule has 0 bridgehead atoms. The number of rotatable bonds is 7. The minimum Gasteiger partial charge on any atom is -0.366 e. The minimum absolute atomic E-state index is 0.121. The monoisotopic (exact) mass is 485 g/mol. The summed E-state index contributed by atoms with van der Waals surface area (Å²) in [4.78, 5) is 16.8. The highest BCUT2D eigenvalue weighted by atomic mass is 32.2. The van der Waals surface area contributed by atoms with Gasteiger partial charge in [0, 0.05) is 26.2 Å². The molecule has 1 fully saturated rings. The molecular formula is C25H25F2N3O3S. The Balaban J connectivity index is 1.51. The van der Waals surface area contributed by atoms with Gasteiger partial charge in [0.05, 0.1) is 10.6 Å². The number of benzene rings is 3. The Labute approximate surface area is 197 Å². The molecule has 3 aromatic rings. The van der Waals surface area contributed by atoms with Crippen molar-refractivity contribution in [2.75, 3.05) is 31.1 Å². The Morgan fingerprint density at radius 1 is 0.853 bits per heavy atom. The third-order valence-corrected chi connectivity index (χ3v) is 7.27. The van der Waals surface area contributed by atoms with E-state index in [9.17, 15) is 22.0 Å². The fraction of sp³-hybridized carbons (Fsp3) is 0.240. The van der Waals surface area contributed by atoms with Crippen LogP contribution in [0.5, 0.6) is 0 Å². The number of nitrogens with one attached hydrogen (secondary N) is 1. The van der Waals surface area contributed by atoms with Crippen molar-refractivity contribution < 1.29 is 22.0 Å². The number of carbonyl (C=O) groups excluding carboxylic acids is 1. The Morgan fingerprint density at radius 3 is 2.12 bits per heavy atom. The van der Waals surface area contributed by atoms with Crippen molar-refractivity contribution in [1.82, 2.24) is 9.62 Å². The fourth-order valence-electron chi connectivity index (χ4n) is 3.99. The summed E-state index contributed by atoms with van der Waals surface area (Å²) in [7, 11) is -4.06. The first kappa shape index (κ1) is 23.8. The van der Waals surface area contributed by atoms with E-state index in [1.165, 1.54) is 6.07 Å². The summed E-state index contributed by atoms with van der Waals surface area (Å²) >= 11 is 0. The van der Waals surface area contributed by atoms with Crippen LogP contribution in [-0.4, -0.2) is 51.4 Å². The third kappa shape index (κ3) is 5.60. The molecule has 1 heterocycles. The van der Waals surface area contributed by atoms with Gasteiger partial charge in [-0.2, -0.15) is 4.72 Å². The van der Waals surface area contributed by atoms with Crippen molar-refractivity contribution in [2.45, 2.75) is 17.4 Å². The van der Waals surface area contributed by atoms with Crippen LogP contribution < -0.4 is 9.62 Å². The van der Waals surface area contributed by atoms with Gasteiger partial charge >= 0.3 is 0 Å². The Morgan fingerprint density at radius 2 is 1.47 bits per heavy atom. The van der Waals surface area contributed by atoms with Gasteiger partial charge in [-0.1, -0.05) is 42.5 Å². The molecule has 0 unspecified atom stereocenters. The second-order valence-corrected chi connectivity index (χ2v) is 9.80. The lowest BCUT2D eigenvalue weighted by atomic mass is 10.1. The molecule has 1 aliphatic heterocycles. The van der Waals surface area contributed by atoms with Crippen LogP contribution >= 0.6 is 0 Å². The van der Waals surface area contributed by atoms with Crippen molar-refractivity contribution in [1.29, 1.82) is 0 Å². The number of nitrogens with zero attached hydrogens (tertiary/aromatic N) is 2. The number of carbonyl (C=O) groups is 1. The molecule has 0 saturated carbocycles. The predicted molar refractivity (Wildman–Crippen MR) is 126 cm³/mol. The number of amides is 1. The van der Waals surface area contributed by atoms with Crippen molar-refractivity contribution in [2.24, 2.45) is 0 Å². The summed E-state index contributed by atoms with van der Waals surface area (Å²) in [6.07, 6.45) is 0.160. The number of sulfonamides is 1. The van der Waals surface area contributed by atoms with Crippen LogP contribution in [0.2, 0.25) is 0 Å². The van der Waals surface area contributed by atoms with Crippen LogP contribution in [0.4, 0.5) is 14.5 Å². The molecule has 4 rings (SSSR count). The molecule has 3 aromatic carbocycles. The molecule has 1 atom stereocenters. The average molecular weight is 486 g/mol. The second kappa shape index (κ2) is 10.3. The number of piperazine rings is 1. The van der Waals surface area contributed by atoms with Gasteiger partial charge in [0.25, 0.3) is 0 Å². The molecular weight excluding hydrogens is 460 g/mol. The molecule has 0 aromatic heterocycles. The largest absolute Gasteiger partial charge is 0.366 e. The minimum atomic E-state index is -4.06. The fourth-order valence-corrected chi connectivity index (χ4v) is 5.18. The first-order chi connectivity index (χ1) is 16.3. The maximum Gasteiger partial charge on any atom is 0.241 e. The van der Waals surface area contributed by atoms with Crippen LogP contribution in [0, 0.1) is 11.6 Å². The molecule has 1 amide bonds. The van der Waals surface area contributed by atoms with Gasteiger partial charge in [-0.15, -0.1) is 0 Å². The number of anilines is 1. The van der Waals surface area contributed by atoms with E-state index in [4.69, 9.17) is 0 Å². The van der Waals surface area contributed by atoms with E-state index in [0.29, 0.717) is 31.9 Å². The van der Waals surface area contributed by atoms with Gasteiger partial charge < -0.3 is 9.80 Å². The van der Waals surface area contributed by atoms with Crippen LogP contribution in [0.25, 0.3) is 0 Å². The third-order valence-electron chi connectivity index (χ3n) is 5.79. The van der Waals surface area contributed by atoms with Crippen molar-refractivity contribution in [3.63, 3.8) is 0 Å². The van der Waals surface area contributed by atoms with Crippen molar-refractivity contribution in [3.05, 3.63) is 96.1 Å². The van der Waals surface area contributed by atoms with E-state index in [1.807, 2.05) is 35.2 Å². The normalized spacial score (nSPS) is 15.2.